The molecule has 18 heavy (non-hydrogen) atoms. The third kappa shape index (κ3) is 2.31. The van der Waals surface area contributed by atoms with Crippen molar-refractivity contribution in [3.63, 3.8) is 0 Å². The fraction of sp³-hybridized carbons (Fsp3) is 0.182. The van der Waals surface area contributed by atoms with Crippen LogP contribution in [0.25, 0.3) is 0 Å². The first-order chi connectivity index (χ1) is 8.40. The minimum absolute atomic E-state index is 0.000463. The van der Waals surface area contributed by atoms with Crippen LogP contribution in [0.3, 0.4) is 0 Å². The first kappa shape index (κ1) is 13.2. The van der Waals surface area contributed by atoms with Gasteiger partial charge in [0, 0.05) is 11.6 Å². The molecule has 0 bridgehead atoms. The lowest BCUT2D eigenvalue weighted by molar-refractivity contribution is 0.486. The summed E-state index contributed by atoms with van der Waals surface area (Å²) in [7, 11) is 0. The minimum atomic E-state index is -1.21. The van der Waals surface area contributed by atoms with Gasteiger partial charge in [0.15, 0.2) is 11.6 Å². The first-order valence-corrected chi connectivity index (χ1v) is 6.10. The number of aryl methyl sites for hydroxylation is 1. The van der Waals surface area contributed by atoms with E-state index in [4.69, 9.17) is 5.73 Å². The van der Waals surface area contributed by atoms with E-state index in [1.807, 2.05) is 22.6 Å². The Labute approximate surface area is 115 Å². The molecule has 0 spiro atoms. The van der Waals surface area contributed by atoms with Gasteiger partial charge in [0.05, 0.1) is 15.8 Å². The lowest BCUT2D eigenvalue weighted by atomic mass is 10.2. The average molecular weight is 367 g/mol. The van der Waals surface area contributed by atoms with Crippen molar-refractivity contribution in [3.05, 3.63) is 44.4 Å². The maximum absolute atomic E-state index is 13.5. The molecule has 0 saturated heterocycles. The van der Waals surface area contributed by atoms with E-state index in [2.05, 4.69) is 5.10 Å². The Morgan fingerprint density at radius 3 is 2.39 bits per heavy atom. The van der Waals surface area contributed by atoms with E-state index in [-0.39, 0.29) is 12.1 Å². The van der Waals surface area contributed by atoms with Crippen LogP contribution in [-0.4, -0.2) is 9.78 Å². The van der Waals surface area contributed by atoms with Crippen LogP contribution >= 0.6 is 22.6 Å². The molecule has 0 atom stereocenters. The smallest absolute Gasteiger partial charge is 0.161 e. The topological polar surface area (TPSA) is 43.8 Å². The maximum atomic E-state index is 13.5. The van der Waals surface area contributed by atoms with Crippen LogP contribution in [0.4, 0.5) is 19.0 Å². The molecule has 1 aromatic carbocycles. The van der Waals surface area contributed by atoms with E-state index in [1.165, 1.54) is 4.68 Å². The van der Waals surface area contributed by atoms with Gasteiger partial charge in [0.2, 0.25) is 0 Å². The van der Waals surface area contributed by atoms with Crippen molar-refractivity contribution in [1.82, 2.24) is 9.78 Å². The predicted molar refractivity (Wildman–Crippen MR) is 69.5 cm³/mol. The van der Waals surface area contributed by atoms with Crippen LogP contribution in [0.15, 0.2) is 12.1 Å². The van der Waals surface area contributed by atoms with Crippen molar-refractivity contribution in [3.8, 4) is 0 Å². The van der Waals surface area contributed by atoms with Gasteiger partial charge < -0.3 is 5.73 Å². The lowest BCUT2D eigenvalue weighted by Crippen LogP contribution is -2.08. The fourth-order valence-corrected chi connectivity index (χ4v) is 1.93. The lowest BCUT2D eigenvalue weighted by Gasteiger charge is -2.06. The molecule has 3 nitrogen and oxygen atoms in total. The van der Waals surface area contributed by atoms with E-state index >= 15 is 0 Å². The quantitative estimate of drug-likeness (QED) is 0.656. The number of hydrogen-bond donors (Lipinski definition) is 1. The molecule has 0 aliphatic rings. The fourth-order valence-electron chi connectivity index (χ4n) is 1.54. The summed E-state index contributed by atoms with van der Waals surface area (Å²) in [5.41, 5.74) is 6.48. The molecule has 7 heteroatoms. The highest BCUT2D eigenvalue weighted by molar-refractivity contribution is 14.1. The van der Waals surface area contributed by atoms with E-state index < -0.39 is 17.5 Å². The third-order valence-corrected chi connectivity index (χ3v) is 3.83. The average Bonchev–Trinajstić information content (AvgIpc) is 2.54. The van der Waals surface area contributed by atoms with Crippen molar-refractivity contribution in [1.29, 1.82) is 0 Å². The summed E-state index contributed by atoms with van der Waals surface area (Å²) in [4.78, 5) is 0. The molecule has 1 heterocycles. The van der Waals surface area contributed by atoms with Crippen molar-refractivity contribution < 1.29 is 13.2 Å². The summed E-state index contributed by atoms with van der Waals surface area (Å²) >= 11 is 2.02. The van der Waals surface area contributed by atoms with Crippen molar-refractivity contribution in [2.45, 2.75) is 13.5 Å². The molecular weight excluding hydrogens is 358 g/mol. The van der Waals surface area contributed by atoms with Crippen molar-refractivity contribution >= 4 is 28.4 Å². The Bertz CT molecular complexity index is 610. The number of benzene rings is 1. The Hall–Kier alpha value is -1.25. The molecule has 0 unspecified atom stereocenters. The summed E-state index contributed by atoms with van der Waals surface area (Å²) < 4.78 is 41.4. The van der Waals surface area contributed by atoms with Crippen LogP contribution in [0.1, 0.15) is 11.3 Å². The van der Waals surface area contributed by atoms with E-state index in [1.54, 1.807) is 6.92 Å². The van der Waals surface area contributed by atoms with Gasteiger partial charge in [0.25, 0.3) is 0 Å². The Morgan fingerprint density at radius 2 is 1.83 bits per heavy atom. The molecular formula is C11H9F3IN3. The molecule has 1 aromatic heterocycles. The highest BCUT2D eigenvalue weighted by atomic mass is 127. The number of nitrogens with zero attached hydrogens (tertiary/aromatic N) is 2. The van der Waals surface area contributed by atoms with Crippen molar-refractivity contribution in [2.24, 2.45) is 0 Å². The first-order valence-electron chi connectivity index (χ1n) is 5.02. The summed E-state index contributed by atoms with van der Waals surface area (Å²) in [6.07, 6.45) is 0. The number of nitrogens with two attached hydrogens (primary N) is 1. The van der Waals surface area contributed by atoms with Gasteiger partial charge in [-0.15, -0.1) is 0 Å². The van der Waals surface area contributed by atoms with Crippen LogP contribution in [0.2, 0.25) is 0 Å². The molecule has 2 aromatic rings. The Kier molecular flexibility index (Phi) is 3.51. The van der Waals surface area contributed by atoms with E-state index in [9.17, 15) is 13.2 Å². The second-order valence-electron chi connectivity index (χ2n) is 3.80. The Morgan fingerprint density at radius 1 is 1.22 bits per heavy atom. The van der Waals surface area contributed by atoms with Gasteiger partial charge in [-0.2, -0.15) is 5.10 Å². The van der Waals surface area contributed by atoms with E-state index in [0.717, 1.165) is 9.64 Å². The van der Waals surface area contributed by atoms with Crippen molar-refractivity contribution in [2.75, 3.05) is 5.73 Å². The van der Waals surface area contributed by atoms with E-state index in [0.29, 0.717) is 17.6 Å². The zero-order valence-corrected chi connectivity index (χ0v) is 11.5. The molecule has 96 valence electrons. The van der Waals surface area contributed by atoms with Gasteiger partial charge in [0.1, 0.15) is 11.6 Å². The molecule has 0 radical (unpaired) electrons. The zero-order valence-electron chi connectivity index (χ0n) is 9.35. The molecule has 0 aliphatic carbocycles. The summed E-state index contributed by atoms with van der Waals surface area (Å²) in [5.74, 6) is -2.76. The summed E-state index contributed by atoms with van der Waals surface area (Å²) in [5, 5.41) is 4.10. The highest BCUT2D eigenvalue weighted by Gasteiger charge is 2.14. The van der Waals surface area contributed by atoms with Gasteiger partial charge >= 0.3 is 0 Å². The monoisotopic (exact) mass is 367 g/mol. The van der Waals surface area contributed by atoms with Crippen LogP contribution in [0.5, 0.6) is 0 Å². The molecule has 0 saturated carbocycles. The van der Waals surface area contributed by atoms with Gasteiger partial charge in [-0.25, -0.2) is 17.9 Å². The molecule has 2 N–H and O–H groups in total. The SMILES string of the molecule is Cc1nn(Cc2cc(F)c(F)cc2F)c(N)c1I. The van der Waals surface area contributed by atoms with Gasteiger partial charge in [-0.3, -0.25) is 0 Å². The summed E-state index contributed by atoms with van der Waals surface area (Å²) in [6.45, 7) is 1.72. The number of nitrogen functional groups attached to an aromatic ring is 1. The predicted octanol–water partition coefficient (Wildman–Crippen LogP) is 2.84. The molecule has 2 rings (SSSR count). The second-order valence-corrected chi connectivity index (χ2v) is 4.88. The van der Waals surface area contributed by atoms with Crippen LogP contribution < -0.4 is 5.73 Å². The third-order valence-electron chi connectivity index (χ3n) is 2.50. The second kappa shape index (κ2) is 4.79. The molecule has 0 fully saturated rings. The number of hydrogen-bond acceptors (Lipinski definition) is 2. The number of aromatic nitrogens is 2. The largest absolute Gasteiger partial charge is 0.383 e. The van der Waals surface area contributed by atoms with Gasteiger partial charge in [-0.05, 0) is 35.6 Å². The highest BCUT2D eigenvalue weighted by Crippen LogP contribution is 2.21. The van der Waals surface area contributed by atoms with Crippen LogP contribution in [0, 0.1) is 27.9 Å². The molecule has 0 aliphatic heterocycles. The standard InChI is InChI=1S/C11H9F3IN3/c1-5-10(15)11(16)18(17-5)4-6-2-8(13)9(14)3-7(6)12/h2-3H,4,16H2,1H3. The normalized spacial score (nSPS) is 10.9. The maximum Gasteiger partial charge on any atom is 0.161 e. The zero-order chi connectivity index (χ0) is 13.4. The van der Waals surface area contributed by atoms with Crippen LogP contribution in [-0.2, 0) is 6.54 Å². The minimum Gasteiger partial charge on any atom is -0.383 e. The van der Waals surface area contributed by atoms with Gasteiger partial charge in [-0.1, -0.05) is 0 Å². The Balaban J connectivity index is 2.40. The number of halogens is 4. The number of anilines is 1. The molecule has 0 amide bonds. The number of rotatable bonds is 2. The summed E-state index contributed by atoms with van der Waals surface area (Å²) in [6, 6.07) is 1.33.